The molecule has 1 amide bonds. The Morgan fingerprint density at radius 2 is 2.11 bits per heavy atom. The third-order valence-electron chi connectivity index (χ3n) is 6.08. The number of imidazole rings is 1. The minimum Gasteiger partial charge on any atom is -0.468 e. The van der Waals surface area contributed by atoms with E-state index in [0.717, 1.165) is 28.8 Å². The number of piperidine rings is 1. The van der Waals surface area contributed by atoms with E-state index >= 15 is 0 Å². The smallest absolute Gasteiger partial charge is 0.325 e. The molecule has 2 saturated heterocycles. The molecule has 0 unspecified atom stereocenters. The van der Waals surface area contributed by atoms with E-state index in [1.165, 1.54) is 7.11 Å². The summed E-state index contributed by atoms with van der Waals surface area (Å²) < 4.78 is 7.64. The van der Waals surface area contributed by atoms with Crippen LogP contribution in [0.15, 0.2) is 23.3 Å². The number of ether oxygens (including phenoxy) is 1. The molecule has 0 aromatic carbocycles. The predicted octanol–water partition coefficient (Wildman–Crippen LogP) is 1.83. The summed E-state index contributed by atoms with van der Waals surface area (Å²) in [6, 6.07) is 0.108. The molecule has 0 radical (unpaired) electrons. The van der Waals surface area contributed by atoms with E-state index in [9.17, 15) is 9.59 Å². The van der Waals surface area contributed by atoms with E-state index in [2.05, 4.69) is 20.9 Å². The lowest BCUT2D eigenvalue weighted by Gasteiger charge is -2.49. The quantitative estimate of drug-likeness (QED) is 0.664. The number of hydrogen-bond acceptors (Lipinski definition) is 6. The molecule has 0 spiro atoms. The summed E-state index contributed by atoms with van der Waals surface area (Å²) in [4.78, 5) is 37.9. The van der Waals surface area contributed by atoms with Gasteiger partial charge in [-0.25, -0.2) is 4.98 Å². The maximum Gasteiger partial charge on any atom is 0.325 e. The molecule has 2 fully saturated rings. The second kappa shape index (κ2) is 7.11. The van der Waals surface area contributed by atoms with Crippen molar-refractivity contribution in [3.63, 3.8) is 0 Å². The highest BCUT2D eigenvalue weighted by atomic mass is 79.9. The largest absolute Gasteiger partial charge is 0.468 e. The summed E-state index contributed by atoms with van der Waals surface area (Å²) in [5.74, 6) is -0.0891. The van der Waals surface area contributed by atoms with E-state index in [4.69, 9.17) is 9.72 Å². The van der Waals surface area contributed by atoms with Gasteiger partial charge in [0.15, 0.2) is 4.73 Å². The van der Waals surface area contributed by atoms with E-state index in [-0.39, 0.29) is 30.4 Å². The minimum atomic E-state index is -0.816. The summed E-state index contributed by atoms with van der Waals surface area (Å²) in [7, 11) is 1.38. The number of carbonyl (C=O) groups is 2. The van der Waals surface area contributed by atoms with Crippen LogP contribution in [0.3, 0.4) is 0 Å². The van der Waals surface area contributed by atoms with Crippen LogP contribution in [0.2, 0.25) is 0 Å². The molecular weight excluding hydrogens is 426 g/mol. The molecule has 2 atom stereocenters. The van der Waals surface area contributed by atoms with Crippen LogP contribution < -0.4 is 0 Å². The predicted molar refractivity (Wildman–Crippen MR) is 106 cm³/mol. The Kier molecular flexibility index (Phi) is 4.91. The average Bonchev–Trinajstić information content (AvgIpc) is 3.04. The molecule has 2 aliphatic rings. The van der Waals surface area contributed by atoms with Crippen molar-refractivity contribution in [3.8, 4) is 0 Å². The first-order chi connectivity index (χ1) is 13.3. The van der Waals surface area contributed by atoms with E-state index < -0.39 is 5.54 Å². The van der Waals surface area contributed by atoms with E-state index in [1.807, 2.05) is 40.4 Å². The number of amides is 1. The van der Waals surface area contributed by atoms with Crippen LogP contribution in [0, 0.1) is 0 Å². The van der Waals surface area contributed by atoms with Gasteiger partial charge in [-0.1, -0.05) is 0 Å². The standard InChI is InChI=1S/C19H24BrN5O3/c1-19(2,17(27)28-3)23-10-13-5-4-12(9-25(13)15(26)11-23)16-14-8-21-6-7-24(14)18(20)22-16/h6-8,12-13H,4-5,9-11H2,1-3H3/t12-,13+/m0/s1. The zero-order valence-electron chi connectivity index (χ0n) is 16.3. The fourth-order valence-corrected chi connectivity index (χ4v) is 4.85. The summed E-state index contributed by atoms with van der Waals surface area (Å²) in [6.07, 6.45) is 7.24. The monoisotopic (exact) mass is 449 g/mol. The first-order valence-corrected chi connectivity index (χ1v) is 10.2. The first kappa shape index (κ1) is 19.3. The van der Waals surface area contributed by atoms with Gasteiger partial charge in [-0.15, -0.1) is 0 Å². The molecule has 0 aliphatic carbocycles. The van der Waals surface area contributed by atoms with Gasteiger partial charge in [-0.3, -0.25) is 23.9 Å². The van der Waals surface area contributed by atoms with Crippen molar-refractivity contribution in [2.45, 2.75) is 44.2 Å². The zero-order chi connectivity index (χ0) is 20.1. The Labute approximate surface area is 172 Å². The topological polar surface area (TPSA) is 80.0 Å². The van der Waals surface area contributed by atoms with Gasteiger partial charge in [0.2, 0.25) is 5.91 Å². The van der Waals surface area contributed by atoms with Crippen molar-refractivity contribution in [1.82, 2.24) is 24.2 Å². The molecular formula is C19H24BrN5O3. The van der Waals surface area contributed by atoms with Gasteiger partial charge < -0.3 is 9.64 Å². The second-order valence-corrected chi connectivity index (χ2v) is 8.71. The van der Waals surface area contributed by atoms with Gasteiger partial charge >= 0.3 is 5.97 Å². The number of carbonyl (C=O) groups excluding carboxylic acids is 2. The average molecular weight is 450 g/mol. The molecule has 2 aromatic rings. The fraction of sp³-hybridized carbons (Fsp3) is 0.579. The number of aromatic nitrogens is 3. The van der Waals surface area contributed by atoms with Crippen molar-refractivity contribution >= 4 is 33.3 Å². The second-order valence-electron chi connectivity index (χ2n) is 8.00. The number of methoxy groups -OCH3 is 1. The van der Waals surface area contributed by atoms with Gasteiger partial charge in [0.25, 0.3) is 0 Å². The van der Waals surface area contributed by atoms with Crippen LogP contribution in [0.5, 0.6) is 0 Å². The Morgan fingerprint density at radius 1 is 1.32 bits per heavy atom. The summed E-state index contributed by atoms with van der Waals surface area (Å²) in [5.41, 5.74) is 1.13. The molecule has 2 aromatic heterocycles. The Hall–Kier alpha value is -2.00. The van der Waals surface area contributed by atoms with Gasteiger partial charge in [-0.2, -0.15) is 0 Å². The fourth-order valence-electron chi connectivity index (χ4n) is 4.35. The highest BCUT2D eigenvalue weighted by Crippen LogP contribution is 2.35. The molecule has 4 rings (SSSR count). The van der Waals surface area contributed by atoms with Crippen molar-refractivity contribution in [3.05, 3.63) is 29.0 Å². The maximum atomic E-state index is 12.9. The van der Waals surface area contributed by atoms with Gasteiger partial charge in [0.1, 0.15) is 5.54 Å². The van der Waals surface area contributed by atoms with Crippen LogP contribution in [0.4, 0.5) is 0 Å². The zero-order valence-corrected chi connectivity index (χ0v) is 17.8. The molecule has 4 heterocycles. The first-order valence-electron chi connectivity index (χ1n) is 9.43. The van der Waals surface area contributed by atoms with Crippen LogP contribution in [0.1, 0.15) is 38.3 Å². The third kappa shape index (κ3) is 3.10. The number of esters is 1. The van der Waals surface area contributed by atoms with E-state index in [1.54, 1.807) is 6.20 Å². The molecule has 150 valence electrons. The highest BCUT2D eigenvalue weighted by molar-refractivity contribution is 9.10. The third-order valence-corrected chi connectivity index (χ3v) is 6.64. The number of hydrogen-bond donors (Lipinski definition) is 0. The summed E-state index contributed by atoms with van der Waals surface area (Å²) in [5, 5.41) is 0. The number of piperazine rings is 1. The Balaban J connectivity index is 1.54. The maximum absolute atomic E-state index is 12.9. The Morgan fingerprint density at radius 3 is 2.86 bits per heavy atom. The summed E-state index contributed by atoms with van der Waals surface area (Å²) >= 11 is 3.51. The van der Waals surface area contributed by atoms with Crippen molar-refractivity contribution in [1.29, 1.82) is 0 Å². The van der Waals surface area contributed by atoms with E-state index in [0.29, 0.717) is 13.1 Å². The lowest BCUT2D eigenvalue weighted by Crippen LogP contribution is -2.65. The Bertz CT molecular complexity index is 927. The normalized spacial score (nSPS) is 23.7. The molecule has 0 bridgehead atoms. The number of rotatable bonds is 3. The van der Waals surface area contributed by atoms with Gasteiger partial charge in [-0.05, 0) is 42.6 Å². The number of nitrogens with zero attached hydrogens (tertiary/aromatic N) is 5. The van der Waals surface area contributed by atoms with Crippen LogP contribution in [-0.2, 0) is 14.3 Å². The number of halogens is 1. The molecule has 9 heteroatoms. The van der Waals surface area contributed by atoms with Crippen LogP contribution in [-0.4, -0.2) is 74.4 Å². The van der Waals surface area contributed by atoms with Crippen molar-refractivity contribution < 1.29 is 14.3 Å². The lowest BCUT2D eigenvalue weighted by atomic mass is 9.87. The van der Waals surface area contributed by atoms with Gasteiger partial charge in [0.05, 0.1) is 31.1 Å². The van der Waals surface area contributed by atoms with Gasteiger partial charge in [0, 0.05) is 37.4 Å². The molecule has 8 nitrogen and oxygen atoms in total. The van der Waals surface area contributed by atoms with Crippen LogP contribution >= 0.6 is 15.9 Å². The minimum absolute atomic E-state index is 0.0543. The summed E-state index contributed by atoms with van der Waals surface area (Å²) in [6.45, 7) is 5.17. The highest BCUT2D eigenvalue weighted by Gasteiger charge is 2.45. The van der Waals surface area contributed by atoms with Crippen LogP contribution in [0.25, 0.3) is 5.52 Å². The molecule has 28 heavy (non-hydrogen) atoms. The van der Waals surface area contributed by atoms with Crippen molar-refractivity contribution in [2.24, 2.45) is 0 Å². The molecule has 2 aliphatic heterocycles. The molecule has 0 saturated carbocycles. The lowest BCUT2D eigenvalue weighted by molar-refractivity contribution is -0.160. The SMILES string of the molecule is COC(=O)C(C)(C)N1CC(=O)N2C[C@@H](c3nc(Br)n4ccncc34)CC[C@@H]2C1. The number of fused-ring (bicyclic) bond motifs is 2. The molecule has 0 N–H and O–H groups in total. The van der Waals surface area contributed by atoms with Crippen molar-refractivity contribution in [2.75, 3.05) is 26.7 Å².